The zero-order valence-electron chi connectivity index (χ0n) is 24.8. The van der Waals surface area contributed by atoms with Crippen molar-refractivity contribution >= 4 is 24.5 Å². The lowest BCUT2D eigenvalue weighted by Crippen LogP contribution is -2.10. The number of benzene rings is 5. The molecule has 2 heterocycles. The van der Waals surface area contributed by atoms with Gasteiger partial charge in [0.05, 0.1) is 18.5 Å². The summed E-state index contributed by atoms with van der Waals surface area (Å²) in [6.45, 7) is 0. The summed E-state index contributed by atoms with van der Waals surface area (Å²) in [5, 5.41) is 0. The Morgan fingerprint density at radius 2 is 1.18 bits per heavy atom. The number of halogens is 1. The second kappa shape index (κ2) is 12.5. The normalized spacial score (nSPS) is 13.6. The molecule has 6 aromatic rings. The zero-order chi connectivity index (χ0) is 30.6. The maximum atomic E-state index is 15.5. The molecule has 0 spiro atoms. The van der Waals surface area contributed by atoms with Crippen molar-refractivity contribution in [3.8, 4) is 28.1 Å². The van der Waals surface area contributed by atoms with E-state index in [0.29, 0.717) is 19.1 Å². The van der Waals surface area contributed by atoms with Crippen LogP contribution in [-0.2, 0) is 0 Å². The minimum atomic E-state index is 0.656. The number of para-hydroxylation sites is 1. The van der Waals surface area contributed by atoms with Gasteiger partial charge in [-0.3, -0.25) is 0 Å². The Morgan fingerprint density at radius 3 is 1.78 bits per heavy atom. The van der Waals surface area contributed by atoms with Crippen LogP contribution < -0.4 is 4.74 Å². The van der Waals surface area contributed by atoms with Crippen molar-refractivity contribution < 1.29 is 9.05 Å². The van der Waals surface area contributed by atoms with Gasteiger partial charge in [0.15, 0.2) is 0 Å². The number of aliphatic imine (C=N–C) groups is 1. The summed E-state index contributed by atoms with van der Waals surface area (Å²) in [6, 6.07) is 50.3. The fraction of sp³-hybridized carbons (Fsp3) is 0.0250. The highest BCUT2D eigenvalue weighted by Gasteiger charge is 2.30. The van der Waals surface area contributed by atoms with Gasteiger partial charge in [0.1, 0.15) is 5.75 Å². The van der Waals surface area contributed by atoms with Crippen molar-refractivity contribution in [2.45, 2.75) is 0 Å². The van der Waals surface area contributed by atoms with Crippen LogP contribution in [0, 0.1) is 0 Å². The number of aromatic nitrogens is 1. The molecule has 0 N–H and O–H groups in total. The Bertz CT molecular complexity index is 2050. The Hall–Kier alpha value is -5.68. The van der Waals surface area contributed by atoms with Crippen molar-refractivity contribution in [1.82, 2.24) is 4.48 Å². The van der Waals surface area contributed by atoms with E-state index in [4.69, 9.17) is 9.73 Å². The second-order valence-corrected chi connectivity index (χ2v) is 10.7. The molecule has 1 radical (unpaired) electrons. The molecule has 1 aromatic heterocycles. The first-order valence-corrected chi connectivity index (χ1v) is 14.9. The largest absolute Gasteiger partial charge is 0.496 e. The number of allylic oxidation sites excluding steroid dienone is 2. The van der Waals surface area contributed by atoms with Gasteiger partial charge in [-0.1, -0.05) is 140 Å². The van der Waals surface area contributed by atoms with Crippen molar-refractivity contribution in [3.05, 3.63) is 186 Å². The van der Waals surface area contributed by atoms with Gasteiger partial charge in [-0.25, -0.2) is 4.99 Å². The lowest BCUT2D eigenvalue weighted by atomic mass is 9.90. The summed E-state index contributed by atoms with van der Waals surface area (Å²) in [4.78, 5) is 5.34. The Labute approximate surface area is 263 Å². The molecular formula is C40H29BFN2O. The van der Waals surface area contributed by atoms with Crippen molar-refractivity contribution in [1.29, 1.82) is 0 Å². The highest BCUT2D eigenvalue weighted by molar-refractivity contribution is 6.28. The van der Waals surface area contributed by atoms with E-state index < -0.39 is 0 Å². The number of methoxy groups -OCH3 is 1. The van der Waals surface area contributed by atoms with Crippen LogP contribution in [0.3, 0.4) is 0 Å². The number of hydrogen-bond donors (Lipinski definition) is 0. The molecule has 0 atom stereocenters. The lowest BCUT2D eigenvalue weighted by Gasteiger charge is -2.20. The Kier molecular flexibility index (Phi) is 7.82. The van der Waals surface area contributed by atoms with Crippen LogP contribution in [0.5, 0.6) is 5.75 Å². The molecule has 3 nitrogen and oxygen atoms in total. The van der Waals surface area contributed by atoms with Gasteiger partial charge in [-0.2, -0.15) is 0 Å². The minimum absolute atomic E-state index is 0.656. The van der Waals surface area contributed by atoms with Gasteiger partial charge in [0, 0.05) is 39.2 Å². The fourth-order valence-corrected chi connectivity index (χ4v) is 5.97. The molecule has 0 amide bonds. The predicted octanol–water partition coefficient (Wildman–Crippen LogP) is 9.53. The zero-order valence-corrected chi connectivity index (χ0v) is 24.8. The summed E-state index contributed by atoms with van der Waals surface area (Å²) in [7, 11) is 2.32. The Balaban J connectivity index is 1.64. The summed E-state index contributed by atoms with van der Waals surface area (Å²) >= 11 is 0. The molecule has 0 saturated heterocycles. The average Bonchev–Trinajstić information content (AvgIpc) is 3.73. The van der Waals surface area contributed by atoms with E-state index in [1.807, 2.05) is 109 Å². The predicted molar refractivity (Wildman–Crippen MR) is 184 cm³/mol. The number of hydrogen-bond acceptors (Lipinski definition) is 2. The molecule has 215 valence electrons. The van der Waals surface area contributed by atoms with Crippen LogP contribution in [0.25, 0.3) is 33.5 Å². The van der Waals surface area contributed by atoms with E-state index in [2.05, 4.69) is 48.5 Å². The van der Waals surface area contributed by atoms with Crippen LogP contribution >= 0.6 is 0 Å². The monoisotopic (exact) mass is 583 g/mol. The van der Waals surface area contributed by atoms with Crippen molar-refractivity contribution in [2.24, 2.45) is 4.99 Å². The van der Waals surface area contributed by atoms with Gasteiger partial charge in [-0.05, 0) is 34.9 Å². The summed E-state index contributed by atoms with van der Waals surface area (Å²) in [5.41, 5.74) is 10.3. The quantitative estimate of drug-likeness (QED) is 0.164. The standard InChI is InChI=1S/C40H29BFN2O/c1-45-37-25-15-14-24-32(37)38(39-33(28-16-6-2-7-17-28)26-35(43-39)30-20-10-4-11-21-30)40-34(29-18-8-3-9-19-29)27-36(44(40)41-42)31-22-12-5-13-23-31/h2-27H,1H3/b39-38-. The molecule has 0 unspecified atom stereocenters. The maximum absolute atomic E-state index is 15.5. The third-order valence-electron chi connectivity index (χ3n) is 8.06. The van der Waals surface area contributed by atoms with Crippen LogP contribution in [-0.4, -0.2) is 25.0 Å². The molecule has 7 rings (SSSR count). The van der Waals surface area contributed by atoms with Gasteiger partial charge >= 0.3 is 7.69 Å². The van der Waals surface area contributed by atoms with E-state index in [1.54, 1.807) is 11.6 Å². The van der Waals surface area contributed by atoms with E-state index in [-0.39, 0.29) is 0 Å². The number of nitrogens with zero attached hydrogens (tertiary/aromatic N) is 2. The van der Waals surface area contributed by atoms with Gasteiger partial charge in [0.25, 0.3) is 0 Å². The van der Waals surface area contributed by atoms with E-state index >= 15 is 4.32 Å². The second-order valence-electron chi connectivity index (χ2n) is 10.7. The molecule has 5 heteroatoms. The molecule has 0 fully saturated rings. The third-order valence-corrected chi connectivity index (χ3v) is 8.06. The Morgan fingerprint density at radius 1 is 0.644 bits per heavy atom. The lowest BCUT2D eigenvalue weighted by molar-refractivity contribution is 0.413. The van der Waals surface area contributed by atoms with Gasteiger partial charge in [-0.15, -0.1) is 0 Å². The minimum Gasteiger partial charge on any atom is -0.496 e. The summed E-state index contributed by atoms with van der Waals surface area (Å²) in [5.74, 6) is 0.669. The summed E-state index contributed by atoms with van der Waals surface area (Å²) in [6.07, 6.45) is 2.13. The first-order chi connectivity index (χ1) is 22.3. The topological polar surface area (TPSA) is 26.5 Å². The molecule has 5 aromatic carbocycles. The molecule has 1 aliphatic rings. The highest BCUT2D eigenvalue weighted by atomic mass is 19.1. The molecule has 0 bridgehead atoms. The van der Waals surface area contributed by atoms with Crippen LogP contribution in [0.1, 0.15) is 22.4 Å². The van der Waals surface area contributed by atoms with Crippen LogP contribution in [0.4, 0.5) is 4.32 Å². The number of ether oxygens (including phenoxy) is 1. The first-order valence-electron chi connectivity index (χ1n) is 14.9. The van der Waals surface area contributed by atoms with Gasteiger partial charge in [0.2, 0.25) is 0 Å². The highest BCUT2D eigenvalue weighted by Crippen LogP contribution is 2.46. The van der Waals surface area contributed by atoms with E-state index in [0.717, 1.165) is 61.6 Å². The molecular weight excluding hydrogens is 554 g/mol. The van der Waals surface area contributed by atoms with Crippen molar-refractivity contribution in [2.75, 3.05) is 7.11 Å². The van der Waals surface area contributed by atoms with Crippen LogP contribution in [0.2, 0.25) is 0 Å². The number of rotatable bonds is 8. The molecule has 45 heavy (non-hydrogen) atoms. The van der Waals surface area contributed by atoms with E-state index in [1.165, 1.54) is 0 Å². The van der Waals surface area contributed by atoms with Gasteiger partial charge < -0.3 is 13.5 Å². The van der Waals surface area contributed by atoms with E-state index in [9.17, 15) is 0 Å². The SMILES string of the molecule is COc1ccccc1/C(=C1/N=C(c2ccccc2)C=C1c1ccccc1)c1c(-c2ccccc2)cc(-c2ccccc2)n1[B]F. The molecule has 0 saturated carbocycles. The molecule has 1 aliphatic heterocycles. The average molecular weight is 583 g/mol. The summed E-state index contributed by atoms with van der Waals surface area (Å²) < 4.78 is 23.1. The fourth-order valence-electron chi connectivity index (χ4n) is 5.97. The van der Waals surface area contributed by atoms with Crippen molar-refractivity contribution in [3.63, 3.8) is 0 Å². The molecule has 0 aliphatic carbocycles. The maximum Gasteiger partial charge on any atom is 0.495 e. The third kappa shape index (κ3) is 5.34. The van der Waals surface area contributed by atoms with Crippen LogP contribution in [0.15, 0.2) is 168 Å². The first kappa shape index (κ1) is 28.1. The smallest absolute Gasteiger partial charge is 0.495 e.